The van der Waals surface area contributed by atoms with E-state index in [1.165, 1.54) is 0 Å². The lowest BCUT2D eigenvalue weighted by Crippen LogP contribution is -2.49. The molecule has 37 heavy (non-hydrogen) atoms. The molecule has 1 aliphatic carbocycles. The summed E-state index contributed by atoms with van der Waals surface area (Å²) in [5.41, 5.74) is 0.893. The Kier molecular flexibility index (Phi) is 7.04. The lowest BCUT2D eigenvalue weighted by atomic mass is 9.72. The van der Waals surface area contributed by atoms with Crippen LogP contribution in [0.5, 0.6) is 5.75 Å². The van der Waals surface area contributed by atoms with Crippen molar-refractivity contribution in [3.05, 3.63) is 28.9 Å². The molecule has 2 aliphatic heterocycles. The summed E-state index contributed by atoms with van der Waals surface area (Å²) in [6.45, 7) is 1.09. The van der Waals surface area contributed by atoms with Crippen LogP contribution in [0, 0.1) is 22.7 Å². The van der Waals surface area contributed by atoms with Gasteiger partial charge in [-0.2, -0.15) is 5.26 Å². The average molecular weight is 526 g/mol. The lowest BCUT2D eigenvalue weighted by Gasteiger charge is -2.32. The molecule has 1 aromatic carbocycles. The number of hydrogen-bond donors (Lipinski definition) is 3. The fourth-order valence-electron chi connectivity index (χ4n) is 6.30. The van der Waals surface area contributed by atoms with Crippen LogP contribution >= 0.6 is 11.6 Å². The SMILES string of the molecule is COc1cc(Cl)c2[nH]c(C(=O)N3CC4(CCCCC4)C[C@@H]3C(=O)N[C@H](C#N)C[C@@H]3CCNC3=O)cc2c1. The number of rotatable bonds is 6. The van der Waals surface area contributed by atoms with E-state index in [1.807, 2.05) is 6.07 Å². The van der Waals surface area contributed by atoms with E-state index in [0.29, 0.717) is 47.9 Å². The summed E-state index contributed by atoms with van der Waals surface area (Å²) in [7, 11) is 1.56. The molecular formula is C27H32ClN5O4. The maximum absolute atomic E-state index is 13.8. The van der Waals surface area contributed by atoms with Crippen LogP contribution in [0.25, 0.3) is 10.9 Å². The number of benzene rings is 1. The van der Waals surface area contributed by atoms with Gasteiger partial charge in [-0.15, -0.1) is 0 Å². The topological polar surface area (TPSA) is 127 Å². The number of aromatic nitrogens is 1. The van der Waals surface area contributed by atoms with Gasteiger partial charge in [-0.1, -0.05) is 30.9 Å². The fourth-order valence-corrected chi connectivity index (χ4v) is 6.56. The summed E-state index contributed by atoms with van der Waals surface area (Å²) < 4.78 is 5.30. The molecule has 0 unspecified atom stereocenters. The van der Waals surface area contributed by atoms with Crippen molar-refractivity contribution in [2.75, 3.05) is 20.2 Å². The number of aromatic amines is 1. The third-order valence-electron chi connectivity index (χ3n) is 8.26. The summed E-state index contributed by atoms with van der Waals surface area (Å²) in [5, 5.41) is 16.5. The normalized spacial score (nSPS) is 23.6. The minimum atomic E-state index is -0.791. The van der Waals surface area contributed by atoms with Crippen molar-refractivity contribution in [1.82, 2.24) is 20.5 Å². The van der Waals surface area contributed by atoms with Gasteiger partial charge in [-0.25, -0.2) is 0 Å². The Morgan fingerprint density at radius 1 is 1.30 bits per heavy atom. The monoisotopic (exact) mass is 525 g/mol. The molecule has 1 spiro atoms. The lowest BCUT2D eigenvalue weighted by molar-refractivity contribution is -0.126. The van der Waals surface area contributed by atoms with Crippen LogP contribution in [-0.4, -0.2) is 59.9 Å². The second kappa shape index (κ2) is 10.3. The maximum atomic E-state index is 13.8. The van der Waals surface area contributed by atoms with E-state index < -0.39 is 12.1 Å². The zero-order valence-corrected chi connectivity index (χ0v) is 21.7. The number of H-pyrrole nitrogens is 1. The van der Waals surface area contributed by atoms with Gasteiger partial charge in [0.2, 0.25) is 11.8 Å². The van der Waals surface area contributed by atoms with E-state index in [9.17, 15) is 19.6 Å². The first-order chi connectivity index (χ1) is 17.8. The number of nitrogens with zero attached hydrogens (tertiary/aromatic N) is 2. The van der Waals surface area contributed by atoms with Gasteiger partial charge in [0.25, 0.3) is 5.91 Å². The first-order valence-electron chi connectivity index (χ1n) is 13.0. The van der Waals surface area contributed by atoms with E-state index in [1.54, 1.807) is 24.1 Å². The Morgan fingerprint density at radius 3 is 2.76 bits per heavy atom. The van der Waals surface area contributed by atoms with E-state index >= 15 is 0 Å². The Balaban J connectivity index is 1.39. The van der Waals surface area contributed by atoms with Crippen molar-refractivity contribution in [2.45, 2.75) is 63.5 Å². The number of hydrogen-bond acceptors (Lipinski definition) is 5. The van der Waals surface area contributed by atoms with Gasteiger partial charge < -0.3 is 25.3 Å². The third-order valence-corrected chi connectivity index (χ3v) is 8.56. The second-order valence-electron chi connectivity index (χ2n) is 10.7. The predicted molar refractivity (Wildman–Crippen MR) is 138 cm³/mol. The number of amides is 3. The second-order valence-corrected chi connectivity index (χ2v) is 11.1. The average Bonchev–Trinajstić information content (AvgIpc) is 3.61. The summed E-state index contributed by atoms with van der Waals surface area (Å²) >= 11 is 6.41. The van der Waals surface area contributed by atoms with Gasteiger partial charge >= 0.3 is 0 Å². The number of methoxy groups -OCH3 is 1. The van der Waals surface area contributed by atoms with Crippen molar-refractivity contribution in [3.63, 3.8) is 0 Å². The van der Waals surface area contributed by atoms with Crippen LogP contribution in [0.2, 0.25) is 5.02 Å². The highest BCUT2D eigenvalue weighted by atomic mass is 35.5. The molecule has 3 heterocycles. The molecule has 2 saturated heterocycles. The number of halogens is 1. The molecule has 2 aromatic rings. The highest BCUT2D eigenvalue weighted by Gasteiger charge is 2.49. The summed E-state index contributed by atoms with van der Waals surface area (Å²) in [5.74, 6) is -0.380. The zero-order valence-electron chi connectivity index (χ0n) is 20.9. The van der Waals surface area contributed by atoms with Crippen molar-refractivity contribution in [2.24, 2.45) is 11.3 Å². The molecule has 1 saturated carbocycles. The molecule has 3 amide bonds. The number of carbonyl (C=O) groups is 3. The number of carbonyl (C=O) groups excluding carboxylic acids is 3. The number of ether oxygens (including phenoxy) is 1. The van der Waals surface area contributed by atoms with Crippen LogP contribution in [0.15, 0.2) is 18.2 Å². The van der Waals surface area contributed by atoms with Crippen molar-refractivity contribution < 1.29 is 19.1 Å². The van der Waals surface area contributed by atoms with Crippen LogP contribution < -0.4 is 15.4 Å². The molecule has 3 atom stereocenters. The van der Waals surface area contributed by atoms with Gasteiger partial charge in [-0.05, 0) is 49.7 Å². The van der Waals surface area contributed by atoms with Gasteiger partial charge in [0.05, 0.1) is 23.7 Å². The summed E-state index contributed by atoms with van der Waals surface area (Å²) in [6, 6.07) is 5.89. The molecule has 0 bridgehead atoms. The highest BCUT2D eigenvalue weighted by Crippen LogP contribution is 2.47. The van der Waals surface area contributed by atoms with Gasteiger partial charge in [0.1, 0.15) is 23.5 Å². The molecule has 3 N–H and O–H groups in total. The molecule has 10 heteroatoms. The standard InChI is InChI=1S/C27H32ClN5O4/c1-37-19-10-17-11-21(32-23(17)20(28)12-19)26(36)33-15-27(6-3-2-4-7-27)13-22(33)25(35)31-18(14-29)9-16-5-8-30-24(16)34/h10-12,16,18,22,32H,2-9,13,15H2,1H3,(H,30,34)(H,31,35)/t16-,18-,22+/m0/s1. The summed E-state index contributed by atoms with van der Waals surface area (Å²) in [4.78, 5) is 44.2. The van der Waals surface area contributed by atoms with Gasteiger partial charge in [-0.3, -0.25) is 14.4 Å². The fraction of sp³-hybridized carbons (Fsp3) is 0.556. The van der Waals surface area contributed by atoms with E-state index in [0.717, 1.165) is 37.5 Å². The first-order valence-corrected chi connectivity index (χ1v) is 13.4. The van der Waals surface area contributed by atoms with E-state index in [-0.39, 0.29) is 35.5 Å². The van der Waals surface area contributed by atoms with Crippen molar-refractivity contribution in [1.29, 1.82) is 5.26 Å². The van der Waals surface area contributed by atoms with Gasteiger partial charge in [0.15, 0.2) is 0 Å². The molecule has 5 rings (SSSR count). The molecule has 196 valence electrons. The van der Waals surface area contributed by atoms with E-state index in [2.05, 4.69) is 21.7 Å². The van der Waals surface area contributed by atoms with Gasteiger partial charge in [0, 0.05) is 30.5 Å². The molecule has 3 aliphatic rings. The Labute approximate surface area is 220 Å². The Hall–Kier alpha value is -3.25. The summed E-state index contributed by atoms with van der Waals surface area (Å²) in [6.07, 6.45) is 6.75. The first kappa shape index (κ1) is 25.4. The molecule has 1 aromatic heterocycles. The van der Waals surface area contributed by atoms with Crippen LogP contribution in [0.1, 0.15) is 61.9 Å². The Morgan fingerprint density at radius 2 is 2.08 bits per heavy atom. The highest BCUT2D eigenvalue weighted by molar-refractivity contribution is 6.35. The molecule has 9 nitrogen and oxygen atoms in total. The van der Waals surface area contributed by atoms with Crippen LogP contribution in [-0.2, 0) is 9.59 Å². The largest absolute Gasteiger partial charge is 0.497 e. The third kappa shape index (κ3) is 4.99. The number of fused-ring (bicyclic) bond motifs is 1. The molecular weight excluding hydrogens is 494 g/mol. The number of nitrogens with one attached hydrogen (secondary N) is 3. The molecule has 0 radical (unpaired) electrons. The van der Waals surface area contributed by atoms with Crippen LogP contribution in [0.3, 0.4) is 0 Å². The smallest absolute Gasteiger partial charge is 0.271 e. The van der Waals surface area contributed by atoms with Crippen molar-refractivity contribution >= 4 is 40.2 Å². The van der Waals surface area contributed by atoms with E-state index in [4.69, 9.17) is 16.3 Å². The minimum absolute atomic E-state index is 0.0811. The number of likely N-dealkylation sites (tertiary alicyclic amines) is 1. The number of nitriles is 1. The molecule has 3 fully saturated rings. The zero-order chi connectivity index (χ0) is 26.2. The Bertz CT molecular complexity index is 1260. The van der Waals surface area contributed by atoms with Crippen LogP contribution in [0.4, 0.5) is 0 Å². The predicted octanol–water partition coefficient (Wildman–Crippen LogP) is 3.53. The quantitative estimate of drug-likeness (QED) is 0.531. The van der Waals surface area contributed by atoms with Crippen molar-refractivity contribution in [3.8, 4) is 11.8 Å². The minimum Gasteiger partial charge on any atom is -0.497 e. The maximum Gasteiger partial charge on any atom is 0.271 e.